The lowest BCUT2D eigenvalue weighted by molar-refractivity contribution is -0.305. The summed E-state index contributed by atoms with van der Waals surface area (Å²) in [5.74, 6) is -2.91. The van der Waals surface area contributed by atoms with Crippen LogP contribution in [0.4, 0.5) is 0 Å². The van der Waals surface area contributed by atoms with E-state index in [0.29, 0.717) is 0 Å². The maximum absolute atomic E-state index is 10.00. The van der Waals surface area contributed by atoms with Crippen molar-refractivity contribution in [3.8, 4) is 0 Å². The number of carbonyl (C=O) groups excluding carboxylic acids is 1. The van der Waals surface area contributed by atoms with Gasteiger partial charge in [0.15, 0.2) is 0 Å². The van der Waals surface area contributed by atoms with Crippen molar-refractivity contribution in [1.29, 1.82) is 0 Å². The quantitative estimate of drug-likeness (QED) is 0.397. The molecule has 0 aromatic rings. The number of carboxylic acid groups (broad SMARTS) is 2. The summed E-state index contributed by atoms with van der Waals surface area (Å²) in [6.07, 6.45) is -0.908. The van der Waals surface area contributed by atoms with Gasteiger partial charge < -0.3 is 25.4 Å². The molecule has 0 aromatic heterocycles. The van der Waals surface area contributed by atoms with Gasteiger partial charge in [0.05, 0.1) is 0 Å². The SMILES string of the molecule is O=C([O-])CC/C(=N\[O-])C(=O)O. The van der Waals surface area contributed by atoms with Crippen LogP contribution in [0.15, 0.2) is 5.16 Å². The molecule has 0 unspecified atom stereocenters. The fourth-order valence-corrected chi connectivity index (χ4v) is 0.412. The summed E-state index contributed by atoms with van der Waals surface area (Å²) in [4.78, 5) is 19.8. The molecule has 0 aromatic carbocycles. The van der Waals surface area contributed by atoms with E-state index in [9.17, 15) is 19.9 Å². The van der Waals surface area contributed by atoms with Crippen LogP contribution in [0.25, 0.3) is 0 Å². The highest BCUT2D eigenvalue weighted by atomic mass is 16.4. The van der Waals surface area contributed by atoms with Gasteiger partial charge in [-0.2, -0.15) is 0 Å². The number of rotatable bonds is 4. The predicted molar refractivity (Wildman–Crippen MR) is 32.7 cm³/mol. The van der Waals surface area contributed by atoms with E-state index >= 15 is 0 Å². The summed E-state index contributed by atoms with van der Waals surface area (Å²) in [5.41, 5.74) is -0.700. The van der Waals surface area contributed by atoms with Crippen LogP contribution >= 0.6 is 0 Å². The molecule has 0 fully saturated rings. The lowest BCUT2D eigenvalue weighted by atomic mass is 10.2. The van der Waals surface area contributed by atoms with Gasteiger partial charge in [0.1, 0.15) is 5.71 Å². The molecule has 0 aliphatic carbocycles. The molecule has 0 saturated carbocycles. The normalized spacial score (nSPS) is 11.1. The molecule has 11 heavy (non-hydrogen) atoms. The summed E-state index contributed by atoms with van der Waals surface area (Å²) in [6, 6.07) is 0. The molecule has 0 atom stereocenters. The molecule has 0 heterocycles. The standard InChI is InChI=1S/C5H7NO5/c7-4(8)2-1-3(6-11)5(9)10/h11H,1-2H2,(H,7,8)(H,9,10)/p-2/b6-3+. The van der Waals surface area contributed by atoms with Crippen molar-refractivity contribution in [2.75, 3.05) is 0 Å². The van der Waals surface area contributed by atoms with Gasteiger partial charge in [-0.15, -0.1) is 0 Å². The van der Waals surface area contributed by atoms with Crippen LogP contribution in [-0.4, -0.2) is 22.8 Å². The minimum absolute atomic E-state index is 0.402. The Morgan fingerprint density at radius 3 is 2.18 bits per heavy atom. The molecular weight excluding hydrogens is 154 g/mol. The average Bonchev–Trinajstić information content (AvgIpc) is 1.87. The summed E-state index contributed by atoms with van der Waals surface area (Å²) in [6.45, 7) is 0. The first kappa shape index (κ1) is 9.41. The summed E-state index contributed by atoms with van der Waals surface area (Å²) in [7, 11) is 0. The van der Waals surface area contributed by atoms with Crippen molar-refractivity contribution in [1.82, 2.24) is 0 Å². The Kier molecular flexibility index (Phi) is 3.65. The van der Waals surface area contributed by atoms with E-state index in [1.165, 1.54) is 0 Å². The van der Waals surface area contributed by atoms with Gasteiger partial charge >= 0.3 is 5.97 Å². The van der Waals surface area contributed by atoms with Crippen LogP contribution < -0.4 is 5.11 Å². The van der Waals surface area contributed by atoms with Crippen molar-refractivity contribution in [2.24, 2.45) is 5.16 Å². The summed E-state index contributed by atoms with van der Waals surface area (Å²) < 4.78 is 0. The van der Waals surface area contributed by atoms with Crippen molar-refractivity contribution in [3.63, 3.8) is 0 Å². The van der Waals surface area contributed by atoms with Gasteiger partial charge in [-0.05, 0) is 6.42 Å². The van der Waals surface area contributed by atoms with Gasteiger partial charge in [-0.25, -0.2) is 4.79 Å². The molecule has 0 amide bonds. The smallest absolute Gasteiger partial charge is 0.349 e. The monoisotopic (exact) mass is 159 g/mol. The number of carboxylic acids is 2. The third kappa shape index (κ3) is 3.90. The Hall–Kier alpha value is -1.59. The highest BCUT2D eigenvalue weighted by Crippen LogP contribution is 1.92. The van der Waals surface area contributed by atoms with Crippen LogP contribution in [0.2, 0.25) is 0 Å². The molecule has 6 heteroatoms. The Bertz CT molecular complexity index is 197. The summed E-state index contributed by atoms with van der Waals surface area (Å²) >= 11 is 0. The Morgan fingerprint density at radius 1 is 1.36 bits per heavy atom. The fourth-order valence-electron chi connectivity index (χ4n) is 0.412. The van der Waals surface area contributed by atoms with E-state index in [4.69, 9.17) is 5.11 Å². The van der Waals surface area contributed by atoms with Crippen molar-refractivity contribution in [2.45, 2.75) is 12.8 Å². The van der Waals surface area contributed by atoms with E-state index in [-0.39, 0.29) is 0 Å². The van der Waals surface area contributed by atoms with E-state index in [2.05, 4.69) is 5.16 Å². The van der Waals surface area contributed by atoms with E-state index in [1.807, 2.05) is 0 Å². The first-order valence-corrected chi connectivity index (χ1v) is 2.70. The number of hydrogen-bond acceptors (Lipinski definition) is 5. The second-order valence-corrected chi connectivity index (χ2v) is 1.72. The summed E-state index contributed by atoms with van der Waals surface area (Å²) in [5, 5.41) is 29.7. The van der Waals surface area contributed by atoms with E-state index in [0.717, 1.165) is 0 Å². The highest BCUT2D eigenvalue weighted by Gasteiger charge is 2.05. The number of aliphatic carboxylic acids is 2. The predicted octanol–water partition coefficient (Wildman–Crippen LogP) is -1.46. The topological polar surface area (TPSA) is 113 Å². The molecule has 0 bridgehead atoms. The average molecular weight is 159 g/mol. The van der Waals surface area contributed by atoms with Crippen LogP contribution in [0.1, 0.15) is 12.8 Å². The minimum atomic E-state index is -1.50. The number of hydrogen-bond donors (Lipinski definition) is 1. The van der Waals surface area contributed by atoms with Crippen LogP contribution in [0.3, 0.4) is 0 Å². The molecule has 0 aliphatic rings. The zero-order chi connectivity index (χ0) is 8.85. The first-order chi connectivity index (χ1) is 5.07. The fraction of sp³-hybridized carbons (Fsp3) is 0.400. The van der Waals surface area contributed by atoms with Crippen molar-refractivity contribution >= 4 is 17.7 Å². The van der Waals surface area contributed by atoms with E-state index in [1.54, 1.807) is 0 Å². The van der Waals surface area contributed by atoms with Crippen molar-refractivity contribution in [3.05, 3.63) is 5.21 Å². The molecule has 0 spiro atoms. The molecule has 1 N–H and O–H groups in total. The Balaban J connectivity index is 3.92. The lowest BCUT2D eigenvalue weighted by Gasteiger charge is -2.03. The third-order valence-corrected chi connectivity index (χ3v) is 0.923. The molecule has 0 rings (SSSR count). The molecular formula is C5H5NO5-2. The Morgan fingerprint density at radius 2 is 1.91 bits per heavy atom. The second kappa shape index (κ2) is 4.26. The van der Waals surface area contributed by atoms with E-state index < -0.39 is 30.5 Å². The number of nitrogens with zero attached hydrogens (tertiary/aromatic N) is 1. The first-order valence-electron chi connectivity index (χ1n) is 2.70. The van der Waals surface area contributed by atoms with Crippen molar-refractivity contribution < 1.29 is 19.8 Å². The molecule has 0 saturated heterocycles. The van der Waals surface area contributed by atoms with Gasteiger partial charge in [-0.3, -0.25) is 0 Å². The maximum Gasteiger partial charge on any atom is 0.349 e. The molecule has 62 valence electrons. The molecule has 0 radical (unpaired) electrons. The zero-order valence-electron chi connectivity index (χ0n) is 5.44. The Labute approximate surface area is 61.8 Å². The lowest BCUT2D eigenvalue weighted by Crippen LogP contribution is -2.24. The third-order valence-electron chi connectivity index (χ3n) is 0.923. The number of carbonyl (C=O) groups is 2. The highest BCUT2D eigenvalue weighted by molar-refractivity contribution is 6.35. The van der Waals surface area contributed by atoms with Crippen LogP contribution in [-0.2, 0) is 9.59 Å². The van der Waals surface area contributed by atoms with Crippen LogP contribution in [0.5, 0.6) is 0 Å². The molecule has 6 nitrogen and oxygen atoms in total. The minimum Gasteiger partial charge on any atom is -0.792 e. The van der Waals surface area contributed by atoms with Gasteiger partial charge in [-0.1, -0.05) is 0 Å². The van der Waals surface area contributed by atoms with Gasteiger partial charge in [0.2, 0.25) is 0 Å². The maximum atomic E-state index is 10.00. The second-order valence-electron chi connectivity index (χ2n) is 1.72. The van der Waals surface area contributed by atoms with Crippen LogP contribution in [0, 0.1) is 5.21 Å². The van der Waals surface area contributed by atoms with Gasteiger partial charge in [0.25, 0.3) is 0 Å². The zero-order valence-corrected chi connectivity index (χ0v) is 5.44. The largest absolute Gasteiger partial charge is 0.792 e. The molecule has 0 aliphatic heterocycles. The van der Waals surface area contributed by atoms with Gasteiger partial charge in [0, 0.05) is 12.4 Å².